The van der Waals surface area contributed by atoms with E-state index in [2.05, 4.69) is 20.8 Å². The van der Waals surface area contributed by atoms with E-state index < -0.39 is 6.58 Å². The lowest BCUT2D eigenvalue weighted by atomic mass is 9.87. The van der Waals surface area contributed by atoms with Crippen LogP contribution in [0.15, 0.2) is 24.3 Å². The molecule has 0 spiro atoms. The van der Waals surface area contributed by atoms with Crippen LogP contribution in [0, 0.1) is 0 Å². The smallest absolute Gasteiger partial charge is 0.197 e. The minimum atomic E-state index is -1.44. The van der Waals surface area contributed by atoms with Crippen molar-refractivity contribution in [2.24, 2.45) is 0 Å². The molecule has 76 valence electrons. The van der Waals surface area contributed by atoms with Gasteiger partial charge in [-0.05, 0) is 43.8 Å². The van der Waals surface area contributed by atoms with Gasteiger partial charge in [0, 0.05) is 5.30 Å². The summed E-state index contributed by atoms with van der Waals surface area (Å²) in [6, 6.07) is 7.85. The predicted molar refractivity (Wildman–Crippen MR) is 67.1 cm³/mol. The molecule has 14 heavy (non-hydrogen) atoms. The van der Waals surface area contributed by atoms with Gasteiger partial charge in [0.25, 0.3) is 0 Å². The summed E-state index contributed by atoms with van der Waals surface area (Å²) in [6.45, 7) is 5.03. The highest BCUT2D eigenvalue weighted by Crippen LogP contribution is 2.21. The summed E-state index contributed by atoms with van der Waals surface area (Å²) >= 11 is 4.70. The summed E-state index contributed by atoms with van der Waals surface area (Å²) in [5.41, 5.74) is 1.39. The second-order valence-corrected chi connectivity index (χ2v) is 8.09. The number of rotatable bonds is 1. The molecule has 1 unspecified atom stereocenters. The van der Waals surface area contributed by atoms with Crippen molar-refractivity contribution in [1.82, 2.24) is 0 Å². The summed E-state index contributed by atoms with van der Waals surface area (Å²) in [5.74, 6) is 0. The first-order chi connectivity index (χ1) is 6.45. The van der Waals surface area contributed by atoms with Crippen molar-refractivity contribution in [3.05, 3.63) is 29.8 Å². The SMILES string of the molecule is CC(C)(C)c1ccc(P(=O)=S=S)cc1. The zero-order chi connectivity index (χ0) is 10.8. The summed E-state index contributed by atoms with van der Waals surface area (Å²) in [6.07, 6.45) is 0. The molecule has 0 aliphatic carbocycles. The first-order valence-electron chi connectivity index (χ1n) is 4.33. The number of benzene rings is 1. The normalized spacial score (nSPS) is 12.4. The highest BCUT2D eigenvalue weighted by Gasteiger charge is 2.12. The summed E-state index contributed by atoms with van der Waals surface area (Å²) in [4.78, 5) is 0. The van der Waals surface area contributed by atoms with E-state index in [-0.39, 0.29) is 5.41 Å². The molecule has 0 aromatic heterocycles. The van der Waals surface area contributed by atoms with Gasteiger partial charge >= 0.3 is 0 Å². The standard InChI is InChI=1S/C10H13OPS2/c1-10(2,3)8-4-6-9(7-5-8)12(11)14-13/h4-7H,1-3H3. The largest absolute Gasteiger partial charge is 0.265 e. The van der Waals surface area contributed by atoms with Gasteiger partial charge in [0.2, 0.25) is 0 Å². The van der Waals surface area contributed by atoms with Crippen LogP contribution in [0.2, 0.25) is 0 Å². The van der Waals surface area contributed by atoms with Gasteiger partial charge < -0.3 is 0 Å². The molecule has 1 nitrogen and oxygen atoms in total. The second kappa shape index (κ2) is 4.52. The average Bonchev–Trinajstić information content (AvgIpc) is 2.15. The third-order valence-electron chi connectivity index (χ3n) is 2.01. The van der Waals surface area contributed by atoms with Crippen molar-refractivity contribution in [3.63, 3.8) is 0 Å². The van der Waals surface area contributed by atoms with E-state index in [1.165, 1.54) is 5.56 Å². The lowest BCUT2D eigenvalue weighted by molar-refractivity contribution is 0.590. The molecule has 0 aliphatic rings. The van der Waals surface area contributed by atoms with Crippen LogP contribution in [-0.4, -0.2) is 0 Å². The third-order valence-corrected chi connectivity index (χ3v) is 5.12. The molecule has 4 heteroatoms. The van der Waals surface area contributed by atoms with Crippen LogP contribution >= 0.6 is 6.58 Å². The fourth-order valence-corrected chi connectivity index (χ4v) is 3.00. The molecular formula is C10H13OPS2. The predicted octanol–water partition coefficient (Wildman–Crippen LogP) is 2.90. The quantitative estimate of drug-likeness (QED) is 0.707. The molecule has 1 rings (SSSR count). The molecular weight excluding hydrogens is 231 g/mol. The van der Waals surface area contributed by atoms with E-state index in [1.807, 2.05) is 24.3 Å². The van der Waals surface area contributed by atoms with Gasteiger partial charge in [0.1, 0.15) is 0 Å². The van der Waals surface area contributed by atoms with Gasteiger partial charge in [0.15, 0.2) is 6.58 Å². The lowest BCUT2D eigenvalue weighted by Crippen LogP contribution is -2.11. The average molecular weight is 244 g/mol. The van der Waals surface area contributed by atoms with Gasteiger partial charge in [0.05, 0.1) is 0 Å². The maximum absolute atomic E-state index is 11.4. The maximum atomic E-state index is 11.4. The van der Waals surface area contributed by atoms with E-state index >= 15 is 0 Å². The van der Waals surface area contributed by atoms with Crippen molar-refractivity contribution in [3.8, 4) is 0 Å². The molecule has 0 bridgehead atoms. The summed E-state index contributed by atoms with van der Waals surface area (Å²) in [7, 11) is 0.984. The molecule has 0 N–H and O–H groups in total. The Morgan fingerprint density at radius 3 is 2.07 bits per heavy atom. The Hall–Kier alpha value is -0.240. The first kappa shape index (κ1) is 11.8. The van der Waals surface area contributed by atoms with Crippen molar-refractivity contribution in [2.45, 2.75) is 26.2 Å². The fourth-order valence-electron chi connectivity index (χ4n) is 1.13. The Balaban J connectivity index is 3.13. The molecule has 1 aromatic carbocycles. The third kappa shape index (κ3) is 2.88. The lowest BCUT2D eigenvalue weighted by Gasteiger charge is -2.18. The highest BCUT2D eigenvalue weighted by molar-refractivity contribution is 8.34. The van der Waals surface area contributed by atoms with Crippen LogP contribution < -0.4 is 5.30 Å². The van der Waals surface area contributed by atoms with E-state index in [4.69, 9.17) is 11.2 Å². The molecule has 0 saturated carbocycles. The van der Waals surface area contributed by atoms with E-state index in [1.54, 1.807) is 0 Å². The van der Waals surface area contributed by atoms with Crippen molar-refractivity contribution < 1.29 is 4.57 Å². The van der Waals surface area contributed by atoms with E-state index in [0.717, 1.165) is 14.8 Å². The van der Waals surface area contributed by atoms with Gasteiger partial charge in [-0.2, -0.15) is 0 Å². The second-order valence-electron chi connectivity index (χ2n) is 4.13. The Kier molecular flexibility index (Phi) is 3.82. The number of hydrogen-bond acceptors (Lipinski definition) is 2. The van der Waals surface area contributed by atoms with Crippen molar-refractivity contribution in [1.29, 1.82) is 0 Å². The monoisotopic (exact) mass is 244 g/mol. The molecule has 1 aromatic rings. The van der Waals surface area contributed by atoms with Crippen LogP contribution in [0.1, 0.15) is 26.3 Å². The summed E-state index contributed by atoms with van der Waals surface area (Å²) in [5, 5.41) is 0.827. The molecule has 1 atom stereocenters. The molecule has 0 fully saturated rings. The van der Waals surface area contributed by atoms with Gasteiger partial charge in [-0.25, -0.2) is 0 Å². The van der Waals surface area contributed by atoms with Gasteiger partial charge in [-0.3, -0.25) is 4.57 Å². The molecule has 0 aliphatic heterocycles. The molecule has 0 saturated heterocycles. The van der Waals surface area contributed by atoms with Crippen LogP contribution in [0.4, 0.5) is 0 Å². The Bertz CT molecular complexity index is 418. The zero-order valence-corrected chi connectivity index (χ0v) is 11.0. The van der Waals surface area contributed by atoms with Gasteiger partial charge in [-0.15, -0.1) is 0 Å². The van der Waals surface area contributed by atoms with E-state index in [9.17, 15) is 4.57 Å². The Morgan fingerprint density at radius 2 is 1.71 bits per heavy atom. The Morgan fingerprint density at radius 1 is 1.21 bits per heavy atom. The van der Waals surface area contributed by atoms with Crippen molar-refractivity contribution in [2.75, 3.05) is 0 Å². The highest BCUT2D eigenvalue weighted by atomic mass is 32.9. The molecule has 0 radical (unpaired) electrons. The molecule has 0 amide bonds. The minimum absolute atomic E-state index is 0.144. The number of hydrogen-bond donors (Lipinski definition) is 0. The first-order valence-corrected chi connectivity index (χ1v) is 7.93. The maximum Gasteiger partial charge on any atom is 0.197 e. The van der Waals surface area contributed by atoms with Gasteiger partial charge in [-0.1, -0.05) is 32.9 Å². The molecule has 0 heterocycles. The van der Waals surface area contributed by atoms with Crippen molar-refractivity contribution >= 4 is 32.6 Å². The van der Waals surface area contributed by atoms with E-state index in [0.29, 0.717) is 0 Å². The Labute approximate surface area is 93.2 Å². The summed E-state index contributed by atoms with van der Waals surface area (Å²) < 4.78 is 11.4. The van der Waals surface area contributed by atoms with Crippen LogP contribution in [0.5, 0.6) is 0 Å². The van der Waals surface area contributed by atoms with Crippen LogP contribution in [0.25, 0.3) is 0 Å². The topological polar surface area (TPSA) is 17.1 Å². The fraction of sp³-hybridized carbons (Fsp3) is 0.400. The minimum Gasteiger partial charge on any atom is -0.265 e. The van der Waals surface area contributed by atoms with Crippen LogP contribution in [0.3, 0.4) is 0 Å². The zero-order valence-electron chi connectivity index (χ0n) is 8.48. The van der Waals surface area contributed by atoms with Crippen LogP contribution in [-0.2, 0) is 30.7 Å².